The second kappa shape index (κ2) is 7.25. The first-order chi connectivity index (χ1) is 9.20. The lowest BCUT2D eigenvalue weighted by Crippen LogP contribution is -2.31. The van der Waals surface area contributed by atoms with Crippen molar-refractivity contribution in [3.05, 3.63) is 35.4 Å². The molecule has 0 aromatic heterocycles. The fourth-order valence-electron chi connectivity index (χ4n) is 2.52. The molecule has 1 aliphatic rings. The molecule has 19 heavy (non-hydrogen) atoms. The highest BCUT2D eigenvalue weighted by molar-refractivity contribution is 7.99. The van der Waals surface area contributed by atoms with Gasteiger partial charge in [0, 0.05) is 17.0 Å². The van der Waals surface area contributed by atoms with Crippen LogP contribution < -0.4 is 5.32 Å². The van der Waals surface area contributed by atoms with Gasteiger partial charge in [-0.25, -0.2) is 8.78 Å². The van der Waals surface area contributed by atoms with Gasteiger partial charge in [0.15, 0.2) is 11.6 Å². The predicted octanol–water partition coefficient (Wildman–Crippen LogP) is 3.77. The van der Waals surface area contributed by atoms with E-state index in [0.29, 0.717) is 12.0 Å². The van der Waals surface area contributed by atoms with Crippen LogP contribution in [0.4, 0.5) is 8.78 Å². The Kier molecular flexibility index (Phi) is 5.64. The van der Waals surface area contributed by atoms with Crippen LogP contribution in [0.25, 0.3) is 0 Å². The van der Waals surface area contributed by atoms with Crippen molar-refractivity contribution in [1.82, 2.24) is 5.32 Å². The normalized spacial score (nSPS) is 17.8. The summed E-state index contributed by atoms with van der Waals surface area (Å²) in [6, 6.07) is 4.61. The van der Waals surface area contributed by atoms with Crippen LogP contribution in [0.15, 0.2) is 18.2 Å². The van der Waals surface area contributed by atoms with Crippen molar-refractivity contribution in [2.45, 2.75) is 43.4 Å². The smallest absolute Gasteiger partial charge is 0.162 e. The minimum Gasteiger partial charge on any atom is -0.316 e. The molecule has 0 heterocycles. The van der Waals surface area contributed by atoms with E-state index in [4.69, 9.17) is 0 Å². The molecule has 1 fully saturated rings. The Balaban J connectivity index is 1.88. The summed E-state index contributed by atoms with van der Waals surface area (Å²) in [6.45, 7) is 0. The maximum Gasteiger partial charge on any atom is 0.162 e. The summed E-state index contributed by atoms with van der Waals surface area (Å²) in [6.07, 6.45) is 5.81. The van der Waals surface area contributed by atoms with E-state index in [0.717, 1.165) is 11.0 Å². The fourth-order valence-corrected chi connectivity index (χ4v) is 3.98. The van der Waals surface area contributed by atoms with Gasteiger partial charge in [-0.1, -0.05) is 25.0 Å². The van der Waals surface area contributed by atoms with E-state index in [9.17, 15) is 8.78 Å². The topological polar surface area (TPSA) is 12.0 Å². The van der Waals surface area contributed by atoms with Crippen LogP contribution >= 0.6 is 11.8 Å². The molecule has 1 saturated carbocycles. The quantitative estimate of drug-likeness (QED) is 0.854. The molecule has 0 aliphatic heterocycles. The Hall–Kier alpha value is -0.610. The van der Waals surface area contributed by atoms with Crippen molar-refractivity contribution in [2.75, 3.05) is 12.8 Å². The molecule has 0 radical (unpaired) electrons. The summed E-state index contributed by atoms with van der Waals surface area (Å²) < 4.78 is 26.8. The molecule has 0 spiro atoms. The van der Waals surface area contributed by atoms with Gasteiger partial charge in [0.25, 0.3) is 0 Å². The molecule has 1 N–H and O–H groups in total. The maximum absolute atomic E-state index is 13.6. The van der Waals surface area contributed by atoms with Gasteiger partial charge in [-0.15, -0.1) is 0 Å². The van der Waals surface area contributed by atoms with E-state index < -0.39 is 11.6 Å². The van der Waals surface area contributed by atoms with Gasteiger partial charge in [0.05, 0.1) is 0 Å². The molecular formula is C15H21F2NS. The van der Waals surface area contributed by atoms with Crippen LogP contribution in [0.3, 0.4) is 0 Å². The fraction of sp³-hybridized carbons (Fsp3) is 0.600. The molecule has 0 saturated heterocycles. The Morgan fingerprint density at radius 2 is 2.05 bits per heavy atom. The lowest BCUT2D eigenvalue weighted by Gasteiger charge is -2.18. The Bertz CT molecular complexity index is 405. The second-order valence-electron chi connectivity index (χ2n) is 5.14. The maximum atomic E-state index is 13.6. The van der Waals surface area contributed by atoms with Crippen LogP contribution in [0.2, 0.25) is 0 Å². The molecule has 106 valence electrons. The molecule has 0 amide bonds. The summed E-state index contributed by atoms with van der Waals surface area (Å²) in [4.78, 5) is 0. The lowest BCUT2D eigenvalue weighted by molar-refractivity contribution is 0.490. The van der Waals surface area contributed by atoms with Crippen molar-refractivity contribution in [3.8, 4) is 0 Å². The molecular weight excluding hydrogens is 264 g/mol. The lowest BCUT2D eigenvalue weighted by atomic mass is 10.1. The van der Waals surface area contributed by atoms with E-state index in [1.165, 1.54) is 31.7 Å². The average Bonchev–Trinajstić information content (AvgIpc) is 2.92. The van der Waals surface area contributed by atoms with Gasteiger partial charge in [-0.3, -0.25) is 0 Å². The Labute approximate surface area is 118 Å². The van der Waals surface area contributed by atoms with Crippen LogP contribution in [0.5, 0.6) is 0 Å². The number of likely N-dealkylation sites (N-methyl/N-ethyl adjacent to an activating group) is 1. The summed E-state index contributed by atoms with van der Waals surface area (Å²) in [7, 11) is 1.89. The number of benzene rings is 1. The number of thioether (sulfide) groups is 1. The van der Waals surface area contributed by atoms with Crippen LogP contribution in [-0.4, -0.2) is 24.1 Å². The number of halogens is 2. The number of hydrogen-bond donors (Lipinski definition) is 1. The van der Waals surface area contributed by atoms with Crippen LogP contribution in [0.1, 0.15) is 31.2 Å². The van der Waals surface area contributed by atoms with Crippen LogP contribution in [0, 0.1) is 11.6 Å². The molecule has 1 nitrogen and oxygen atoms in total. The summed E-state index contributed by atoms with van der Waals surface area (Å²) in [5, 5.41) is 3.97. The largest absolute Gasteiger partial charge is 0.316 e. The van der Waals surface area contributed by atoms with E-state index in [-0.39, 0.29) is 6.04 Å². The zero-order chi connectivity index (χ0) is 13.7. The first-order valence-electron chi connectivity index (χ1n) is 6.92. The van der Waals surface area contributed by atoms with E-state index in [1.807, 2.05) is 18.8 Å². The summed E-state index contributed by atoms with van der Waals surface area (Å²) in [5.41, 5.74) is 0.464. The molecule has 1 unspecified atom stereocenters. The van der Waals surface area contributed by atoms with E-state index >= 15 is 0 Å². The minimum absolute atomic E-state index is 0.196. The third kappa shape index (κ3) is 4.18. The van der Waals surface area contributed by atoms with Gasteiger partial charge in [-0.05, 0) is 37.9 Å². The Morgan fingerprint density at radius 3 is 2.74 bits per heavy atom. The zero-order valence-corrected chi connectivity index (χ0v) is 12.1. The highest BCUT2D eigenvalue weighted by atomic mass is 32.2. The zero-order valence-electron chi connectivity index (χ0n) is 11.3. The molecule has 1 aliphatic carbocycles. The third-order valence-electron chi connectivity index (χ3n) is 3.74. The van der Waals surface area contributed by atoms with Crippen molar-refractivity contribution in [1.29, 1.82) is 0 Å². The molecule has 1 aromatic carbocycles. The van der Waals surface area contributed by atoms with Gasteiger partial charge in [-0.2, -0.15) is 11.8 Å². The van der Waals surface area contributed by atoms with Crippen molar-refractivity contribution in [3.63, 3.8) is 0 Å². The van der Waals surface area contributed by atoms with Crippen LogP contribution in [-0.2, 0) is 6.42 Å². The summed E-state index contributed by atoms with van der Waals surface area (Å²) >= 11 is 1.97. The highest BCUT2D eigenvalue weighted by Gasteiger charge is 2.18. The predicted molar refractivity (Wildman–Crippen MR) is 77.6 cm³/mol. The Morgan fingerprint density at radius 1 is 1.32 bits per heavy atom. The molecule has 1 atom stereocenters. The van der Waals surface area contributed by atoms with E-state index in [1.54, 1.807) is 12.1 Å². The van der Waals surface area contributed by atoms with Gasteiger partial charge in [0.2, 0.25) is 0 Å². The van der Waals surface area contributed by atoms with Gasteiger partial charge >= 0.3 is 0 Å². The van der Waals surface area contributed by atoms with Gasteiger partial charge in [0.1, 0.15) is 0 Å². The first kappa shape index (κ1) is 14.8. The monoisotopic (exact) mass is 285 g/mol. The van der Waals surface area contributed by atoms with Gasteiger partial charge < -0.3 is 5.32 Å². The highest BCUT2D eigenvalue weighted by Crippen LogP contribution is 2.30. The number of nitrogens with one attached hydrogen (secondary N) is 1. The molecule has 4 heteroatoms. The SMILES string of the molecule is CNC(CSC1CCCC1)Cc1cccc(F)c1F. The molecule has 1 aromatic rings. The number of rotatable bonds is 6. The minimum atomic E-state index is -0.754. The number of hydrogen-bond acceptors (Lipinski definition) is 2. The van der Waals surface area contributed by atoms with Crippen molar-refractivity contribution >= 4 is 11.8 Å². The first-order valence-corrected chi connectivity index (χ1v) is 7.97. The standard InChI is InChI=1S/C15H21F2NS/c1-18-12(10-19-13-6-2-3-7-13)9-11-5-4-8-14(16)15(11)17/h4-5,8,12-13,18H,2-3,6-7,9-10H2,1H3. The van der Waals surface area contributed by atoms with Crippen molar-refractivity contribution < 1.29 is 8.78 Å². The average molecular weight is 285 g/mol. The third-order valence-corrected chi connectivity index (χ3v) is 5.28. The molecule has 2 rings (SSSR count). The van der Waals surface area contributed by atoms with Crippen molar-refractivity contribution in [2.24, 2.45) is 0 Å². The summed E-state index contributed by atoms with van der Waals surface area (Å²) in [5.74, 6) is -0.499. The molecule has 0 bridgehead atoms. The van der Waals surface area contributed by atoms with E-state index in [2.05, 4.69) is 5.32 Å². The second-order valence-corrected chi connectivity index (χ2v) is 6.48.